The molecule has 0 amide bonds. The highest BCUT2D eigenvalue weighted by molar-refractivity contribution is 7.99. The summed E-state index contributed by atoms with van der Waals surface area (Å²) in [6, 6.07) is 1.76. The zero-order valence-corrected chi connectivity index (χ0v) is 12.3. The molecule has 3 nitrogen and oxygen atoms in total. The quantitative estimate of drug-likeness (QED) is 0.770. The van der Waals surface area contributed by atoms with Gasteiger partial charge >= 0.3 is 0 Å². The van der Waals surface area contributed by atoms with Crippen LogP contribution in [0.4, 0.5) is 0 Å². The fraction of sp³-hybridized carbons (Fsp3) is 0.692. The van der Waals surface area contributed by atoms with Crippen LogP contribution in [0.3, 0.4) is 0 Å². The SMILES string of the molecule is COCc1cc(Cl)nc(CSC2CCCCC2)n1. The molecule has 1 heterocycles. The molecular formula is C13H19ClN2OS. The number of halogens is 1. The fourth-order valence-corrected chi connectivity index (χ4v) is 3.63. The van der Waals surface area contributed by atoms with Crippen molar-refractivity contribution < 1.29 is 4.74 Å². The zero-order chi connectivity index (χ0) is 12.8. The Hall–Kier alpha value is -0.320. The molecule has 0 spiro atoms. The number of rotatable bonds is 5. The second-order valence-electron chi connectivity index (χ2n) is 4.60. The molecule has 0 saturated heterocycles. The maximum atomic E-state index is 5.99. The molecule has 0 N–H and O–H groups in total. The first kappa shape index (κ1) is 14.1. The first-order valence-electron chi connectivity index (χ1n) is 6.41. The number of ether oxygens (including phenoxy) is 1. The van der Waals surface area contributed by atoms with E-state index in [4.69, 9.17) is 16.3 Å². The van der Waals surface area contributed by atoms with Gasteiger partial charge in [-0.25, -0.2) is 9.97 Å². The summed E-state index contributed by atoms with van der Waals surface area (Å²) in [5.74, 6) is 1.67. The summed E-state index contributed by atoms with van der Waals surface area (Å²) in [6.07, 6.45) is 6.78. The fourth-order valence-electron chi connectivity index (χ4n) is 2.23. The highest BCUT2D eigenvalue weighted by atomic mass is 35.5. The molecule has 0 aromatic carbocycles. The molecular weight excluding hydrogens is 268 g/mol. The van der Waals surface area contributed by atoms with Gasteiger partial charge in [-0.2, -0.15) is 11.8 Å². The van der Waals surface area contributed by atoms with E-state index in [1.54, 1.807) is 13.2 Å². The van der Waals surface area contributed by atoms with E-state index >= 15 is 0 Å². The van der Waals surface area contributed by atoms with E-state index < -0.39 is 0 Å². The molecule has 0 unspecified atom stereocenters. The van der Waals surface area contributed by atoms with Crippen LogP contribution in [0.2, 0.25) is 5.15 Å². The van der Waals surface area contributed by atoms with Crippen LogP contribution in [0.25, 0.3) is 0 Å². The van der Waals surface area contributed by atoms with E-state index in [0.29, 0.717) is 11.8 Å². The normalized spacial score (nSPS) is 17.0. The van der Waals surface area contributed by atoms with Gasteiger partial charge in [0.25, 0.3) is 0 Å². The summed E-state index contributed by atoms with van der Waals surface area (Å²) in [6.45, 7) is 0.489. The van der Waals surface area contributed by atoms with Crippen molar-refractivity contribution in [1.82, 2.24) is 9.97 Å². The lowest BCUT2D eigenvalue weighted by Crippen LogP contribution is -2.09. The van der Waals surface area contributed by atoms with Crippen LogP contribution in [0.5, 0.6) is 0 Å². The molecule has 1 aromatic rings. The predicted octanol–water partition coefficient (Wildman–Crippen LogP) is 3.84. The molecule has 18 heavy (non-hydrogen) atoms. The van der Waals surface area contributed by atoms with E-state index in [-0.39, 0.29) is 0 Å². The highest BCUT2D eigenvalue weighted by Crippen LogP contribution is 2.30. The second kappa shape index (κ2) is 7.31. The first-order valence-corrected chi connectivity index (χ1v) is 7.83. The van der Waals surface area contributed by atoms with Crippen molar-refractivity contribution in [1.29, 1.82) is 0 Å². The van der Waals surface area contributed by atoms with Crippen LogP contribution < -0.4 is 0 Å². The summed E-state index contributed by atoms with van der Waals surface area (Å²) in [5.41, 5.74) is 0.858. The lowest BCUT2D eigenvalue weighted by atomic mass is 10.0. The number of methoxy groups -OCH3 is 1. The van der Waals surface area contributed by atoms with E-state index in [2.05, 4.69) is 9.97 Å². The Labute approximate surface area is 118 Å². The van der Waals surface area contributed by atoms with Crippen molar-refractivity contribution in [2.45, 2.75) is 49.7 Å². The van der Waals surface area contributed by atoms with Gasteiger partial charge in [-0.3, -0.25) is 0 Å². The van der Waals surface area contributed by atoms with E-state index in [9.17, 15) is 0 Å². The predicted molar refractivity (Wildman–Crippen MR) is 75.9 cm³/mol. The van der Waals surface area contributed by atoms with Gasteiger partial charge in [0, 0.05) is 12.4 Å². The Balaban J connectivity index is 1.91. The number of hydrogen-bond donors (Lipinski definition) is 0. The highest BCUT2D eigenvalue weighted by Gasteiger charge is 2.14. The minimum absolute atomic E-state index is 0.489. The van der Waals surface area contributed by atoms with Crippen molar-refractivity contribution in [2.75, 3.05) is 7.11 Å². The second-order valence-corrected chi connectivity index (χ2v) is 6.28. The molecule has 1 aromatic heterocycles. The van der Waals surface area contributed by atoms with Gasteiger partial charge in [0.05, 0.1) is 18.1 Å². The largest absolute Gasteiger partial charge is 0.378 e. The third kappa shape index (κ3) is 4.41. The van der Waals surface area contributed by atoms with E-state index in [1.807, 2.05) is 11.8 Å². The van der Waals surface area contributed by atoms with Crippen LogP contribution in [-0.4, -0.2) is 22.3 Å². The third-order valence-electron chi connectivity index (χ3n) is 3.09. The molecule has 0 aliphatic heterocycles. The van der Waals surface area contributed by atoms with Gasteiger partial charge in [0.1, 0.15) is 11.0 Å². The molecule has 1 saturated carbocycles. The number of nitrogens with zero attached hydrogens (tertiary/aromatic N) is 2. The Morgan fingerprint density at radius 3 is 2.83 bits per heavy atom. The molecule has 2 rings (SSSR count). The molecule has 0 bridgehead atoms. The number of aromatic nitrogens is 2. The monoisotopic (exact) mass is 286 g/mol. The Morgan fingerprint density at radius 1 is 1.33 bits per heavy atom. The molecule has 0 radical (unpaired) electrons. The van der Waals surface area contributed by atoms with Gasteiger partial charge < -0.3 is 4.74 Å². The summed E-state index contributed by atoms with van der Waals surface area (Å²) in [5, 5.41) is 1.28. The van der Waals surface area contributed by atoms with Crippen molar-refractivity contribution in [2.24, 2.45) is 0 Å². The molecule has 5 heteroatoms. The lowest BCUT2D eigenvalue weighted by molar-refractivity contribution is 0.181. The minimum Gasteiger partial charge on any atom is -0.378 e. The van der Waals surface area contributed by atoms with Gasteiger partial charge in [-0.05, 0) is 18.9 Å². The van der Waals surface area contributed by atoms with Crippen molar-refractivity contribution in [3.8, 4) is 0 Å². The van der Waals surface area contributed by atoms with E-state index in [1.165, 1.54) is 32.1 Å². The Kier molecular flexibility index (Phi) is 5.73. The topological polar surface area (TPSA) is 35.0 Å². The minimum atomic E-state index is 0.489. The number of thioether (sulfide) groups is 1. The van der Waals surface area contributed by atoms with Crippen molar-refractivity contribution in [3.05, 3.63) is 22.7 Å². The lowest BCUT2D eigenvalue weighted by Gasteiger charge is -2.20. The van der Waals surface area contributed by atoms with Gasteiger partial charge in [0.15, 0.2) is 0 Å². The zero-order valence-electron chi connectivity index (χ0n) is 10.7. The average Bonchev–Trinajstić information content (AvgIpc) is 2.37. The van der Waals surface area contributed by atoms with E-state index in [0.717, 1.165) is 22.5 Å². The summed E-state index contributed by atoms with van der Waals surface area (Å²) < 4.78 is 5.08. The molecule has 0 atom stereocenters. The third-order valence-corrected chi connectivity index (χ3v) is 4.65. The van der Waals surface area contributed by atoms with Gasteiger partial charge in [-0.1, -0.05) is 30.9 Å². The summed E-state index contributed by atoms with van der Waals surface area (Å²) in [7, 11) is 1.66. The Bertz CT molecular complexity index is 383. The van der Waals surface area contributed by atoms with Crippen molar-refractivity contribution in [3.63, 3.8) is 0 Å². The van der Waals surface area contributed by atoms with Crippen LogP contribution in [0.1, 0.15) is 43.6 Å². The first-order chi connectivity index (χ1) is 8.78. The smallest absolute Gasteiger partial charge is 0.140 e. The maximum absolute atomic E-state index is 5.99. The molecule has 100 valence electrons. The molecule has 1 fully saturated rings. The Morgan fingerprint density at radius 2 is 2.11 bits per heavy atom. The number of hydrogen-bond acceptors (Lipinski definition) is 4. The summed E-state index contributed by atoms with van der Waals surface area (Å²) >= 11 is 7.95. The van der Waals surface area contributed by atoms with Crippen LogP contribution in [0, 0.1) is 0 Å². The maximum Gasteiger partial charge on any atom is 0.140 e. The van der Waals surface area contributed by atoms with Crippen molar-refractivity contribution >= 4 is 23.4 Å². The summed E-state index contributed by atoms with van der Waals surface area (Å²) in [4.78, 5) is 8.74. The van der Waals surface area contributed by atoms with Gasteiger partial charge in [0.2, 0.25) is 0 Å². The molecule has 1 aliphatic carbocycles. The van der Waals surface area contributed by atoms with Crippen LogP contribution in [0.15, 0.2) is 6.07 Å². The van der Waals surface area contributed by atoms with Crippen LogP contribution >= 0.6 is 23.4 Å². The molecule has 1 aliphatic rings. The standard InChI is InChI=1S/C13H19ClN2OS/c1-17-8-10-7-12(14)16-13(15-10)9-18-11-5-3-2-4-6-11/h7,11H,2-6,8-9H2,1H3. The van der Waals surface area contributed by atoms with Crippen LogP contribution in [-0.2, 0) is 17.1 Å². The average molecular weight is 287 g/mol. The van der Waals surface area contributed by atoms with Gasteiger partial charge in [-0.15, -0.1) is 0 Å².